The van der Waals surface area contributed by atoms with Gasteiger partial charge in [0.2, 0.25) is 5.91 Å². The highest BCUT2D eigenvalue weighted by Crippen LogP contribution is 2.39. The fourth-order valence-electron chi connectivity index (χ4n) is 6.15. The minimum atomic E-state index is -0.504. The van der Waals surface area contributed by atoms with Crippen LogP contribution in [-0.2, 0) is 27.3 Å². The Bertz CT molecular complexity index is 1530. The summed E-state index contributed by atoms with van der Waals surface area (Å²) < 4.78 is 5.41. The average molecular weight is 620 g/mol. The molecule has 2 aliphatic heterocycles. The molecule has 3 aromatic rings. The van der Waals surface area contributed by atoms with Gasteiger partial charge >= 0.3 is 5.97 Å². The highest BCUT2D eigenvalue weighted by Gasteiger charge is 2.37. The van der Waals surface area contributed by atoms with Crippen LogP contribution in [0.2, 0.25) is 10.0 Å². The molecule has 224 valence electrons. The summed E-state index contributed by atoms with van der Waals surface area (Å²) in [4.78, 5) is 43.7. The molecule has 0 radical (unpaired) electrons. The highest BCUT2D eigenvalue weighted by molar-refractivity contribution is 6.42. The van der Waals surface area contributed by atoms with E-state index in [9.17, 15) is 14.4 Å². The molecule has 0 aliphatic carbocycles. The van der Waals surface area contributed by atoms with Crippen LogP contribution in [0.4, 0.5) is 0 Å². The van der Waals surface area contributed by atoms with Gasteiger partial charge in [0.25, 0.3) is 5.91 Å². The summed E-state index contributed by atoms with van der Waals surface area (Å²) >= 11 is 12.4. The topological polar surface area (TPSA) is 66.9 Å². The molecule has 0 bridgehead atoms. The number of carbonyl (C=O) groups excluding carboxylic acids is 3. The SMILES string of the molecule is CCOC(=O)C1=C(C)N(Cc2cccc(C(=O)N3CCC(Cc4ccccc4)CC3)c2)C(=O)C[C@@H]1c1ccc(Cl)c(Cl)c1. The van der Waals surface area contributed by atoms with Crippen LogP contribution in [0.1, 0.15) is 66.1 Å². The summed E-state index contributed by atoms with van der Waals surface area (Å²) in [6.45, 7) is 5.43. The number of likely N-dealkylation sites (tertiary alicyclic amines) is 1. The third-order valence-electron chi connectivity index (χ3n) is 8.45. The highest BCUT2D eigenvalue weighted by atomic mass is 35.5. The first kappa shape index (κ1) is 30.8. The van der Waals surface area contributed by atoms with Crippen molar-refractivity contribution in [2.24, 2.45) is 5.92 Å². The molecule has 0 spiro atoms. The Hall–Kier alpha value is -3.61. The standard InChI is InChI=1S/C35H36Cl2N2O4/c1-3-43-35(42)33-23(2)39(32(40)21-29(33)27-12-13-30(36)31(37)20-27)22-26-10-7-11-28(19-26)34(41)38-16-14-25(15-17-38)18-24-8-5-4-6-9-24/h4-13,19-20,25,29H,3,14-18,21-22H2,1-2H3/t29-/m1/s1. The molecule has 1 saturated heterocycles. The van der Waals surface area contributed by atoms with Gasteiger partial charge in [0.1, 0.15) is 0 Å². The lowest BCUT2D eigenvalue weighted by atomic mass is 9.83. The van der Waals surface area contributed by atoms with Crippen molar-refractivity contribution in [3.63, 3.8) is 0 Å². The van der Waals surface area contributed by atoms with E-state index in [0.717, 1.165) is 43.5 Å². The zero-order valence-corrected chi connectivity index (χ0v) is 26.0. The summed E-state index contributed by atoms with van der Waals surface area (Å²) in [6.07, 6.45) is 3.07. The van der Waals surface area contributed by atoms with Crippen molar-refractivity contribution in [3.05, 3.63) is 116 Å². The van der Waals surface area contributed by atoms with E-state index in [0.29, 0.717) is 32.8 Å². The maximum atomic E-state index is 13.5. The monoisotopic (exact) mass is 618 g/mol. The smallest absolute Gasteiger partial charge is 0.336 e. The van der Waals surface area contributed by atoms with E-state index < -0.39 is 11.9 Å². The number of ether oxygens (including phenoxy) is 1. The molecule has 6 nitrogen and oxygen atoms in total. The predicted molar refractivity (Wildman–Crippen MR) is 169 cm³/mol. The van der Waals surface area contributed by atoms with E-state index in [2.05, 4.69) is 24.3 Å². The van der Waals surface area contributed by atoms with Crippen molar-refractivity contribution < 1.29 is 19.1 Å². The number of nitrogens with zero attached hydrogens (tertiary/aromatic N) is 2. The second kappa shape index (κ2) is 13.8. The number of hydrogen-bond acceptors (Lipinski definition) is 4. The zero-order chi connectivity index (χ0) is 30.5. The predicted octanol–water partition coefficient (Wildman–Crippen LogP) is 7.44. The van der Waals surface area contributed by atoms with Crippen LogP contribution in [-0.4, -0.2) is 47.3 Å². The van der Waals surface area contributed by atoms with Crippen LogP contribution in [0.25, 0.3) is 0 Å². The molecule has 0 aromatic heterocycles. The molecule has 2 aliphatic rings. The van der Waals surface area contributed by atoms with Gasteiger partial charge in [0.15, 0.2) is 0 Å². The molecule has 3 aromatic carbocycles. The van der Waals surface area contributed by atoms with E-state index in [1.807, 2.05) is 35.2 Å². The third kappa shape index (κ3) is 7.14. The molecule has 0 unspecified atom stereocenters. The molecule has 43 heavy (non-hydrogen) atoms. The second-order valence-corrected chi connectivity index (χ2v) is 12.1. The van der Waals surface area contributed by atoms with Crippen molar-refractivity contribution in [1.29, 1.82) is 0 Å². The number of piperidine rings is 1. The summed E-state index contributed by atoms with van der Waals surface area (Å²) in [7, 11) is 0. The third-order valence-corrected chi connectivity index (χ3v) is 9.19. The van der Waals surface area contributed by atoms with Gasteiger partial charge in [-0.3, -0.25) is 9.59 Å². The molecule has 8 heteroatoms. The number of esters is 1. The van der Waals surface area contributed by atoms with Crippen LogP contribution in [0.5, 0.6) is 0 Å². The van der Waals surface area contributed by atoms with Crippen LogP contribution in [0.3, 0.4) is 0 Å². The van der Waals surface area contributed by atoms with Crippen LogP contribution in [0.15, 0.2) is 84.1 Å². The number of carbonyl (C=O) groups is 3. The Morgan fingerprint density at radius 2 is 1.63 bits per heavy atom. The maximum absolute atomic E-state index is 13.5. The summed E-state index contributed by atoms with van der Waals surface area (Å²) in [6, 6.07) is 23.1. The summed E-state index contributed by atoms with van der Waals surface area (Å²) in [5.41, 5.74) is 4.43. The molecule has 2 amide bonds. The fourth-order valence-corrected chi connectivity index (χ4v) is 6.45. The molecule has 5 rings (SSSR count). The van der Waals surface area contributed by atoms with Gasteiger partial charge in [-0.05, 0) is 80.0 Å². The van der Waals surface area contributed by atoms with Gasteiger partial charge in [-0.2, -0.15) is 0 Å². The minimum absolute atomic E-state index is 0.00383. The largest absolute Gasteiger partial charge is 0.463 e. The molecular weight excluding hydrogens is 583 g/mol. The van der Waals surface area contributed by atoms with Crippen LogP contribution < -0.4 is 0 Å². The number of rotatable bonds is 8. The fraction of sp³-hybridized carbons (Fsp3) is 0.343. The van der Waals surface area contributed by atoms with Crippen LogP contribution >= 0.6 is 23.2 Å². The second-order valence-electron chi connectivity index (χ2n) is 11.3. The Balaban J connectivity index is 1.31. The number of benzene rings is 3. The van der Waals surface area contributed by atoms with E-state index in [4.69, 9.17) is 27.9 Å². The lowest BCUT2D eigenvalue weighted by Crippen LogP contribution is -2.39. The minimum Gasteiger partial charge on any atom is -0.463 e. The van der Waals surface area contributed by atoms with E-state index >= 15 is 0 Å². The molecule has 2 heterocycles. The quantitative estimate of drug-likeness (QED) is 0.246. The summed E-state index contributed by atoms with van der Waals surface area (Å²) in [5, 5.41) is 0.760. The normalized spacial score (nSPS) is 17.8. The lowest BCUT2D eigenvalue weighted by molar-refractivity contribution is -0.140. The number of halogens is 2. The van der Waals surface area contributed by atoms with Crippen molar-refractivity contribution in [1.82, 2.24) is 9.80 Å². The first-order valence-electron chi connectivity index (χ1n) is 14.8. The summed E-state index contributed by atoms with van der Waals surface area (Å²) in [5.74, 6) is -0.523. The zero-order valence-electron chi connectivity index (χ0n) is 24.5. The van der Waals surface area contributed by atoms with Gasteiger partial charge in [-0.25, -0.2) is 4.79 Å². The van der Waals surface area contributed by atoms with Crippen LogP contribution in [0, 0.1) is 5.92 Å². The van der Waals surface area contributed by atoms with E-state index in [-0.39, 0.29) is 31.4 Å². The lowest BCUT2D eigenvalue weighted by Gasteiger charge is -2.35. The Kier molecular flexibility index (Phi) is 9.89. The van der Waals surface area contributed by atoms with Gasteiger partial charge in [-0.1, -0.05) is 71.7 Å². The molecule has 1 atom stereocenters. The first-order chi connectivity index (χ1) is 20.7. The maximum Gasteiger partial charge on any atom is 0.336 e. The van der Waals surface area contributed by atoms with Crippen molar-refractivity contribution >= 4 is 41.0 Å². The first-order valence-corrected chi connectivity index (χ1v) is 15.6. The molecule has 1 fully saturated rings. The van der Waals surface area contributed by atoms with Crippen molar-refractivity contribution in [2.45, 2.75) is 52.0 Å². The number of hydrogen-bond donors (Lipinski definition) is 0. The molecule has 0 saturated carbocycles. The number of allylic oxidation sites excluding steroid dienone is 1. The average Bonchev–Trinajstić information content (AvgIpc) is 3.01. The Morgan fingerprint density at radius 3 is 2.33 bits per heavy atom. The van der Waals surface area contributed by atoms with Gasteiger partial charge in [0.05, 0.1) is 28.8 Å². The van der Waals surface area contributed by atoms with E-state index in [1.165, 1.54) is 5.56 Å². The number of amides is 2. The van der Waals surface area contributed by atoms with Gasteiger partial charge < -0.3 is 14.5 Å². The van der Waals surface area contributed by atoms with Crippen molar-refractivity contribution in [3.8, 4) is 0 Å². The Labute approximate surface area is 263 Å². The Morgan fingerprint density at radius 1 is 0.907 bits per heavy atom. The molecule has 0 N–H and O–H groups in total. The van der Waals surface area contributed by atoms with Crippen molar-refractivity contribution in [2.75, 3.05) is 19.7 Å². The van der Waals surface area contributed by atoms with Gasteiger partial charge in [0, 0.05) is 36.7 Å². The van der Waals surface area contributed by atoms with E-state index in [1.54, 1.807) is 36.9 Å². The van der Waals surface area contributed by atoms with Gasteiger partial charge in [-0.15, -0.1) is 0 Å². The molecular formula is C35H36Cl2N2O4.